The number of halogens is 1. The van der Waals surface area contributed by atoms with E-state index in [1.165, 1.54) is 16.9 Å². The van der Waals surface area contributed by atoms with Gasteiger partial charge in [0.2, 0.25) is 0 Å². The highest BCUT2D eigenvalue weighted by atomic mass is 79.9. The third kappa shape index (κ3) is 2.52. The van der Waals surface area contributed by atoms with Gasteiger partial charge in [-0.3, -0.25) is 4.98 Å². The smallest absolute Gasteiger partial charge is 0.0691 e. The van der Waals surface area contributed by atoms with Crippen LogP contribution in [0.5, 0.6) is 0 Å². The lowest BCUT2D eigenvalue weighted by molar-refractivity contribution is 0.745. The fraction of sp³-hybridized carbons (Fsp3) is 0.312. The molecular weight excluding hydrogens is 314 g/mol. The van der Waals surface area contributed by atoms with Crippen LogP contribution in [-0.4, -0.2) is 19.1 Å². The summed E-state index contributed by atoms with van der Waals surface area (Å²) in [6, 6.07) is 10.8. The topological polar surface area (TPSA) is 28.2 Å². The van der Waals surface area contributed by atoms with E-state index in [2.05, 4.69) is 69.5 Å². The number of nitrogens with zero attached hydrogens (tertiary/aromatic N) is 2. The number of nitrogens with one attached hydrogen (secondary N) is 1. The number of rotatable bonds is 3. The Morgan fingerprint density at radius 2 is 2.15 bits per heavy atom. The van der Waals surface area contributed by atoms with Crippen LogP contribution in [-0.2, 0) is 6.42 Å². The predicted octanol–water partition coefficient (Wildman–Crippen LogP) is 4.01. The van der Waals surface area contributed by atoms with E-state index in [0.29, 0.717) is 6.04 Å². The van der Waals surface area contributed by atoms with Crippen LogP contribution in [0.15, 0.2) is 41.0 Å². The number of hydrogen-bond acceptors (Lipinski definition) is 3. The SMILES string of the molecule is CN(C)c1ccc(Br)cc1NC1CCc2cccnc21. The molecule has 0 saturated heterocycles. The van der Waals surface area contributed by atoms with E-state index in [1.54, 1.807) is 0 Å². The van der Waals surface area contributed by atoms with Gasteiger partial charge in [0, 0.05) is 24.8 Å². The number of aromatic nitrogens is 1. The largest absolute Gasteiger partial charge is 0.376 e. The number of aryl methyl sites for hydroxylation is 1. The summed E-state index contributed by atoms with van der Waals surface area (Å²) in [5.41, 5.74) is 4.90. The Hall–Kier alpha value is -1.55. The zero-order valence-corrected chi connectivity index (χ0v) is 13.3. The summed E-state index contributed by atoms with van der Waals surface area (Å²) >= 11 is 3.55. The van der Waals surface area contributed by atoms with E-state index in [4.69, 9.17) is 0 Å². The minimum Gasteiger partial charge on any atom is -0.376 e. The minimum absolute atomic E-state index is 0.305. The molecule has 0 saturated carbocycles. The molecule has 104 valence electrons. The zero-order chi connectivity index (χ0) is 14.1. The second-order valence-electron chi connectivity index (χ2n) is 5.34. The van der Waals surface area contributed by atoms with E-state index in [1.807, 2.05) is 12.3 Å². The molecule has 3 rings (SSSR count). The molecule has 1 aliphatic rings. The van der Waals surface area contributed by atoms with Gasteiger partial charge in [0.15, 0.2) is 0 Å². The highest BCUT2D eigenvalue weighted by Crippen LogP contribution is 2.36. The van der Waals surface area contributed by atoms with Gasteiger partial charge in [-0.15, -0.1) is 0 Å². The van der Waals surface area contributed by atoms with Crippen LogP contribution < -0.4 is 10.2 Å². The number of anilines is 2. The Morgan fingerprint density at radius 3 is 2.95 bits per heavy atom. The van der Waals surface area contributed by atoms with Crippen LogP contribution in [0.25, 0.3) is 0 Å². The van der Waals surface area contributed by atoms with Gasteiger partial charge in [0.25, 0.3) is 0 Å². The first-order chi connectivity index (χ1) is 9.65. The van der Waals surface area contributed by atoms with Crippen molar-refractivity contribution >= 4 is 27.3 Å². The Kier molecular flexibility index (Phi) is 3.66. The Morgan fingerprint density at radius 1 is 1.30 bits per heavy atom. The van der Waals surface area contributed by atoms with Crippen molar-refractivity contribution < 1.29 is 0 Å². The number of hydrogen-bond donors (Lipinski definition) is 1. The molecule has 0 spiro atoms. The lowest BCUT2D eigenvalue weighted by Gasteiger charge is -2.22. The Bertz CT molecular complexity index is 625. The van der Waals surface area contributed by atoms with Crippen LogP contribution in [0.1, 0.15) is 23.7 Å². The molecular formula is C16H18BrN3. The molecule has 0 amide bonds. The van der Waals surface area contributed by atoms with E-state index < -0.39 is 0 Å². The molecule has 0 bridgehead atoms. The maximum Gasteiger partial charge on any atom is 0.0691 e. The Labute approximate surface area is 128 Å². The zero-order valence-electron chi connectivity index (χ0n) is 11.7. The van der Waals surface area contributed by atoms with Crippen molar-refractivity contribution in [1.29, 1.82) is 0 Å². The van der Waals surface area contributed by atoms with Gasteiger partial charge in [-0.05, 0) is 42.7 Å². The quantitative estimate of drug-likeness (QED) is 0.920. The molecule has 1 aromatic heterocycles. The summed E-state index contributed by atoms with van der Waals surface area (Å²) in [6.45, 7) is 0. The van der Waals surface area contributed by atoms with Crippen LogP contribution in [0.4, 0.5) is 11.4 Å². The van der Waals surface area contributed by atoms with Crippen LogP contribution in [0.2, 0.25) is 0 Å². The van der Waals surface area contributed by atoms with Gasteiger partial charge in [-0.1, -0.05) is 22.0 Å². The summed E-state index contributed by atoms with van der Waals surface area (Å²) in [7, 11) is 4.13. The minimum atomic E-state index is 0.305. The maximum atomic E-state index is 4.55. The third-order valence-electron chi connectivity index (χ3n) is 3.73. The third-order valence-corrected chi connectivity index (χ3v) is 4.22. The first-order valence-electron chi connectivity index (χ1n) is 6.82. The average Bonchev–Trinajstić information content (AvgIpc) is 2.82. The van der Waals surface area contributed by atoms with Crippen molar-refractivity contribution in [2.45, 2.75) is 18.9 Å². The van der Waals surface area contributed by atoms with Crippen LogP contribution >= 0.6 is 15.9 Å². The molecule has 1 aromatic carbocycles. The molecule has 3 nitrogen and oxygen atoms in total. The number of fused-ring (bicyclic) bond motifs is 1. The van der Waals surface area contributed by atoms with Gasteiger partial charge in [-0.25, -0.2) is 0 Å². The molecule has 1 unspecified atom stereocenters. The fourth-order valence-corrected chi connectivity index (χ4v) is 3.12. The average molecular weight is 332 g/mol. The maximum absolute atomic E-state index is 4.55. The summed E-state index contributed by atoms with van der Waals surface area (Å²) in [5.74, 6) is 0. The summed E-state index contributed by atoms with van der Waals surface area (Å²) in [6.07, 6.45) is 4.09. The fourth-order valence-electron chi connectivity index (χ4n) is 2.75. The van der Waals surface area contributed by atoms with Crippen molar-refractivity contribution in [3.8, 4) is 0 Å². The molecule has 1 aliphatic carbocycles. The lowest BCUT2D eigenvalue weighted by Crippen LogP contribution is -2.15. The number of pyridine rings is 1. The molecule has 1 N–H and O–H groups in total. The van der Waals surface area contributed by atoms with Crippen molar-refractivity contribution in [3.63, 3.8) is 0 Å². The van der Waals surface area contributed by atoms with E-state index >= 15 is 0 Å². The molecule has 20 heavy (non-hydrogen) atoms. The van der Waals surface area contributed by atoms with Crippen molar-refractivity contribution in [2.75, 3.05) is 24.3 Å². The van der Waals surface area contributed by atoms with Crippen molar-refractivity contribution in [3.05, 3.63) is 52.3 Å². The first kappa shape index (κ1) is 13.4. The van der Waals surface area contributed by atoms with Gasteiger partial charge >= 0.3 is 0 Å². The molecule has 4 heteroatoms. The molecule has 0 radical (unpaired) electrons. The molecule has 0 aliphatic heterocycles. The Balaban J connectivity index is 1.91. The first-order valence-corrected chi connectivity index (χ1v) is 7.61. The number of benzene rings is 1. The summed E-state index contributed by atoms with van der Waals surface area (Å²) < 4.78 is 1.09. The predicted molar refractivity (Wildman–Crippen MR) is 87.4 cm³/mol. The molecule has 1 heterocycles. The molecule has 0 fully saturated rings. The van der Waals surface area contributed by atoms with Crippen molar-refractivity contribution in [1.82, 2.24) is 4.98 Å². The standard InChI is InChI=1S/C16H18BrN3/c1-20(2)15-8-6-12(17)10-14(15)19-13-7-5-11-4-3-9-18-16(11)13/h3-4,6,8-10,13,19H,5,7H2,1-2H3. The van der Waals surface area contributed by atoms with E-state index in [0.717, 1.165) is 23.0 Å². The van der Waals surface area contributed by atoms with Gasteiger partial charge < -0.3 is 10.2 Å². The van der Waals surface area contributed by atoms with Crippen LogP contribution in [0.3, 0.4) is 0 Å². The molecule has 1 atom stereocenters. The normalized spacial score (nSPS) is 16.9. The second kappa shape index (κ2) is 5.44. The van der Waals surface area contributed by atoms with Gasteiger partial charge in [0.05, 0.1) is 23.1 Å². The van der Waals surface area contributed by atoms with Crippen LogP contribution in [0, 0.1) is 0 Å². The monoisotopic (exact) mass is 331 g/mol. The second-order valence-corrected chi connectivity index (χ2v) is 6.25. The summed E-state index contributed by atoms with van der Waals surface area (Å²) in [5, 5.41) is 3.65. The highest BCUT2D eigenvalue weighted by molar-refractivity contribution is 9.10. The lowest BCUT2D eigenvalue weighted by atomic mass is 10.2. The van der Waals surface area contributed by atoms with Gasteiger partial charge in [0.1, 0.15) is 0 Å². The summed E-state index contributed by atoms with van der Waals surface area (Å²) in [4.78, 5) is 6.67. The van der Waals surface area contributed by atoms with Crippen molar-refractivity contribution in [2.24, 2.45) is 0 Å². The van der Waals surface area contributed by atoms with E-state index in [9.17, 15) is 0 Å². The highest BCUT2D eigenvalue weighted by Gasteiger charge is 2.24. The van der Waals surface area contributed by atoms with Gasteiger partial charge in [-0.2, -0.15) is 0 Å². The molecule has 2 aromatic rings. The van der Waals surface area contributed by atoms with E-state index in [-0.39, 0.29) is 0 Å².